The quantitative estimate of drug-likeness (QED) is 0.720. The number of hydrogen-bond acceptors (Lipinski definition) is 4. The van der Waals surface area contributed by atoms with Gasteiger partial charge in [-0.3, -0.25) is 4.90 Å². The van der Waals surface area contributed by atoms with Gasteiger partial charge in [0, 0.05) is 23.8 Å². The van der Waals surface area contributed by atoms with E-state index in [0.717, 1.165) is 11.4 Å². The first-order valence-corrected chi connectivity index (χ1v) is 6.86. The van der Waals surface area contributed by atoms with Gasteiger partial charge in [-0.1, -0.05) is 43.0 Å². The van der Waals surface area contributed by atoms with Crippen molar-refractivity contribution in [1.82, 2.24) is 9.97 Å². The molecule has 22 heavy (non-hydrogen) atoms. The van der Waals surface area contributed by atoms with Crippen LogP contribution in [0.5, 0.6) is 0 Å². The Bertz CT molecular complexity index is 716. The maximum absolute atomic E-state index is 9.40. The smallest absolute Gasteiger partial charge is 0.234 e. The van der Waals surface area contributed by atoms with E-state index in [1.807, 2.05) is 65.6 Å². The van der Waals surface area contributed by atoms with Crippen molar-refractivity contribution in [2.24, 2.45) is 0 Å². The summed E-state index contributed by atoms with van der Waals surface area (Å²) in [5.74, 6) is 0.486. The number of nitrogens with zero attached hydrogens (tertiary/aromatic N) is 3. The lowest BCUT2D eigenvalue weighted by Crippen LogP contribution is -2.13. The molecule has 0 radical (unpaired) electrons. The highest BCUT2D eigenvalue weighted by Gasteiger charge is 2.14. The zero-order valence-electron chi connectivity index (χ0n) is 11.9. The van der Waals surface area contributed by atoms with Crippen LogP contribution in [-0.4, -0.2) is 15.1 Å². The maximum Gasteiger partial charge on any atom is 0.234 e. The Labute approximate surface area is 129 Å². The Morgan fingerprint density at radius 1 is 0.818 bits per heavy atom. The third kappa shape index (κ3) is 2.81. The Balaban J connectivity index is 2.08. The van der Waals surface area contributed by atoms with Gasteiger partial charge in [0.1, 0.15) is 5.76 Å². The lowest BCUT2D eigenvalue weighted by atomic mass is 10.2. The number of para-hydroxylation sites is 2. The molecule has 1 aromatic heterocycles. The zero-order chi connectivity index (χ0) is 15.4. The summed E-state index contributed by atoms with van der Waals surface area (Å²) in [5, 5.41) is 9.40. The molecule has 3 rings (SSSR count). The molecule has 1 heterocycles. The second-order valence-electron chi connectivity index (χ2n) is 4.72. The van der Waals surface area contributed by atoms with E-state index in [-0.39, 0.29) is 5.76 Å². The molecule has 0 spiro atoms. The second kappa shape index (κ2) is 6.10. The molecule has 0 amide bonds. The molecule has 0 unspecified atom stereocenters. The van der Waals surface area contributed by atoms with Gasteiger partial charge in [0.05, 0.1) is 5.56 Å². The van der Waals surface area contributed by atoms with Crippen LogP contribution in [0.15, 0.2) is 79.6 Å². The summed E-state index contributed by atoms with van der Waals surface area (Å²) in [4.78, 5) is 10.6. The molecular weight excluding hydrogens is 274 g/mol. The Morgan fingerprint density at radius 3 is 1.68 bits per heavy atom. The summed E-state index contributed by atoms with van der Waals surface area (Å²) in [6.07, 6.45) is 3.12. The van der Waals surface area contributed by atoms with E-state index in [9.17, 15) is 5.11 Å². The Morgan fingerprint density at radius 2 is 1.27 bits per heavy atom. The third-order valence-corrected chi connectivity index (χ3v) is 3.20. The summed E-state index contributed by atoms with van der Waals surface area (Å²) in [5.41, 5.74) is 2.43. The molecule has 0 aliphatic carbocycles. The molecule has 0 atom stereocenters. The Kier molecular flexibility index (Phi) is 3.83. The second-order valence-corrected chi connectivity index (χ2v) is 4.72. The van der Waals surface area contributed by atoms with Crippen LogP contribution in [-0.2, 0) is 0 Å². The van der Waals surface area contributed by atoms with Gasteiger partial charge in [0.25, 0.3) is 0 Å². The number of benzene rings is 2. The Hall–Kier alpha value is -3.14. The molecule has 0 bridgehead atoms. The third-order valence-electron chi connectivity index (χ3n) is 3.20. The molecule has 0 saturated carbocycles. The van der Waals surface area contributed by atoms with Gasteiger partial charge in [-0.15, -0.1) is 0 Å². The fourth-order valence-electron chi connectivity index (χ4n) is 2.12. The van der Waals surface area contributed by atoms with Crippen LogP contribution in [0.3, 0.4) is 0 Å². The van der Waals surface area contributed by atoms with Crippen molar-refractivity contribution in [1.29, 1.82) is 0 Å². The van der Waals surface area contributed by atoms with Crippen LogP contribution < -0.4 is 4.90 Å². The number of aliphatic hydroxyl groups excluding tert-OH is 1. The average molecular weight is 289 g/mol. The highest BCUT2D eigenvalue weighted by Crippen LogP contribution is 2.31. The van der Waals surface area contributed by atoms with Gasteiger partial charge >= 0.3 is 0 Å². The van der Waals surface area contributed by atoms with Gasteiger partial charge < -0.3 is 5.11 Å². The monoisotopic (exact) mass is 289 g/mol. The largest absolute Gasteiger partial charge is 0.508 e. The molecule has 4 nitrogen and oxygen atoms in total. The summed E-state index contributed by atoms with van der Waals surface area (Å²) in [7, 11) is 0. The number of aliphatic hydroxyl groups is 1. The number of anilines is 3. The molecular formula is C18H15N3O. The fraction of sp³-hybridized carbons (Fsp3) is 0. The standard InChI is InChI=1S/C18H15N3O/c1-14(22)15-12-19-18(20-13-15)21(16-8-4-2-5-9-16)17-10-6-3-7-11-17/h2-13,22H,1H2. The summed E-state index contributed by atoms with van der Waals surface area (Å²) >= 11 is 0. The number of rotatable bonds is 4. The molecule has 1 N–H and O–H groups in total. The normalized spacial score (nSPS) is 10.2. The van der Waals surface area contributed by atoms with Crippen molar-refractivity contribution >= 4 is 23.1 Å². The van der Waals surface area contributed by atoms with Crippen LogP contribution >= 0.6 is 0 Å². The van der Waals surface area contributed by atoms with E-state index in [4.69, 9.17) is 0 Å². The molecule has 0 aliphatic rings. The van der Waals surface area contributed by atoms with Crippen LogP contribution in [0, 0.1) is 0 Å². The average Bonchev–Trinajstić information content (AvgIpc) is 2.57. The highest BCUT2D eigenvalue weighted by atomic mass is 16.3. The molecule has 2 aromatic carbocycles. The first-order chi connectivity index (χ1) is 10.8. The van der Waals surface area contributed by atoms with Crippen LogP contribution in [0.25, 0.3) is 5.76 Å². The zero-order valence-corrected chi connectivity index (χ0v) is 11.9. The van der Waals surface area contributed by atoms with E-state index >= 15 is 0 Å². The van der Waals surface area contributed by atoms with Crippen molar-refractivity contribution in [2.45, 2.75) is 0 Å². The van der Waals surface area contributed by atoms with Crippen molar-refractivity contribution in [3.63, 3.8) is 0 Å². The highest BCUT2D eigenvalue weighted by molar-refractivity contribution is 5.72. The summed E-state index contributed by atoms with van der Waals surface area (Å²) < 4.78 is 0. The van der Waals surface area contributed by atoms with E-state index in [2.05, 4.69) is 16.5 Å². The van der Waals surface area contributed by atoms with Gasteiger partial charge in [-0.25, -0.2) is 9.97 Å². The van der Waals surface area contributed by atoms with Crippen molar-refractivity contribution < 1.29 is 5.11 Å². The predicted molar refractivity (Wildman–Crippen MR) is 88.4 cm³/mol. The van der Waals surface area contributed by atoms with Gasteiger partial charge in [-0.2, -0.15) is 0 Å². The topological polar surface area (TPSA) is 49.3 Å². The molecule has 4 heteroatoms. The van der Waals surface area contributed by atoms with Gasteiger partial charge in [0.2, 0.25) is 5.95 Å². The van der Waals surface area contributed by atoms with E-state index < -0.39 is 0 Å². The minimum atomic E-state index is -0.0440. The SMILES string of the molecule is C=C(O)c1cnc(N(c2ccccc2)c2ccccc2)nc1. The molecule has 108 valence electrons. The van der Waals surface area contributed by atoms with E-state index in [1.54, 1.807) is 12.4 Å². The van der Waals surface area contributed by atoms with E-state index in [1.165, 1.54) is 0 Å². The van der Waals surface area contributed by atoms with Crippen LogP contribution in [0.2, 0.25) is 0 Å². The molecule has 0 aliphatic heterocycles. The van der Waals surface area contributed by atoms with Crippen molar-refractivity contribution in [2.75, 3.05) is 4.90 Å². The van der Waals surface area contributed by atoms with Gasteiger partial charge in [-0.05, 0) is 24.3 Å². The first-order valence-electron chi connectivity index (χ1n) is 6.86. The molecule has 3 aromatic rings. The van der Waals surface area contributed by atoms with E-state index in [0.29, 0.717) is 11.5 Å². The summed E-state index contributed by atoms with van der Waals surface area (Å²) in [6.45, 7) is 3.48. The van der Waals surface area contributed by atoms with Crippen molar-refractivity contribution in [3.8, 4) is 0 Å². The minimum Gasteiger partial charge on any atom is -0.508 e. The number of aromatic nitrogens is 2. The first kappa shape index (κ1) is 13.8. The predicted octanol–water partition coefficient (Wildman–Crippen LogP) is 4.48. The van der Waals surface area contributed by atoms with Crippen LogP contribution in [0.1, 0.15) is 5.56 Å². The fourth-order valence-corrected chi connectivity index (χ4v) is 2.12. The summed E-state index contributed by atoms with van der Waals surface area (Å²) in [6, 6.07) is 19.8. The number of hydrogen-bond donors (Lipinski definition) is 1. The van der Waals surface area contributed by atoms with Crippen LogP contribution in [0.4, 0.5) is 17.3 Å². The molecule has 0 fully saturated rings. The lowest BCUT2D eigenvalue weighted by molar-refractivity contribution is 0.513. The lowest BCUT2D eigenvalue weighted by Gasteiger charge is -2.22. The van der Waals surface area contributed by atoms with Crippen molar-refractivity contribution in [3.05, 3.63) is 85.2 Å². The van der Waals surface area contributed by atoms with Gasteiger partial charge in [0.15, 0.2) is 0 Å². The minimum absolute atomic E-state index is 0.0440. The molecule has 0 saturated heterocycles. The maximum atomic E-state index is 9.40.